The predicted octanol–water partition coefficient (Wildman–Crippen LogP) is 2.80. The summed E-state index contributed by atoms with van der Waals surface area (Å²) in [6.45, 7) is 1.25. The van der Waals surface area contributed by atoms with Crippen molar-refractivity contribution >= 4 is 5.91 Å². The molecule has 1 aromatic carbocycles. The molecule has 1 N–H and O–H groups in total. The lowest BCUT2D eigenvalue weighted by molar-refractivity contribution is -0.131. The standard InChI is InChI=1S/C24H26N4O4/c1-31-20-6-5-16(12-21(20)32-2)13-23(30)28-10-7-17(8-11-28)24-26-19(14-22(29)27-24)18-4-3-9-25-15-18/h3-6,9,12,14-15,17H,7-8,10-11,13H2,1-2H3,(H,26,27,29). The van der Waals surface area contributed by atoms with E-state index < -0.39 is 0 Å². The summed E-state index contributed by atoms with van der Waals surface area (Å²) in [7, 11) is 3.16. The number of aromatic nitrogens is 3. The van der Waals surface area contributed by atoms with Gasteiger partial charge in [0.15, 0.2) is 11.5 Å². The van der Waals surface area contributed by atoms with Crippen LogP contribution in [0.4, 0.5) is 0 Å². The number of benzene rings is 1. The number of nitrogens with one attached hydrogen (secondary N) is 1. The molecule has 0 aliphatic carbocycles. The summed E-state index contributed by atoms with van der Waals surface area (Å²) < 4.78 is 10.6. The topological polar surface area (TPSA) is 97.4 Å². The van der Waals surface area contributed by atoms with Crippen LogP contribution < -0.4 is 15.0 Å². The predicted molar refractivity (Wildman–Crippen MR) is 120 cm³/mol. The fourth-order valence-corrected chi connectivity index (χ4v) is 4.01. The molecule has 8 nitrogen and oxygen atoms in total. The van der Waals surface area contributed by atoms with Crippen LogP contribution in [0.3, 0.4) is 0 Å². The van der Waals surface area contributed by atoms with Crippen molar-refractivity contribution < 1.29 is 14.3 Å². The number of carbonyl (C=O) groups is 1. The van der Waals surface area contributed by atoms with Gasteiger partial charge in [0.2, 0.25) is 5.91 Å². The van der Waals surface area contributed by atoms with Crippen molar-refractivity contribution in [3.05, 3.63) is 70.5 Å². The molecule has 1 amide bonds. The van der Waals surface area contributed by atoms with Crippen molar-refractivity contribution in [3.8, 4) is 22.8 Å². The molecule has 8 heteroatoms. The van der Waals surface area contributed by atoms with Crippen molar-refractivity contribution in [1.29, 1.82) is 0 Å². The molecule has 0 spiro atoms. The van der Waals surface area contributed by atoms with E-state index in [1.165, 1.54) is 6.07 Å². The summed E-state index contributed by atoms with van der Waals surface area (Å²) in [6.07, 6.45) is 5.18. The molecule has 1 aliphatic heterocycles. The van der Waals surface area contributed by atoms with Crippen molar-refractivity contribution in [3.63, 3.8) is 0 Å². The van der Waals surface area contributed by atoms with Crippen LogP contribution >= 0.6 is 0 Å². The van der Waals surface area contributed by atoms with Gasteiger partial charge in [0.05, 0.1) is 26.3 Å². The molecule has 4 rings (SSSR count). The molecule has 0 bridgehead atoms. The highest BCUT2D eigenvalue weighted by Gasteiger charge is 2.26. The number of methoxy groups -OCH3 is 2. The van der Waals surface area contributed by atoms with Gasteiger partial charge in [-0.1, -0.05) is 6.07 Å². The van der Waals surface area contributed by atoms with E-state index in [1.54, 1.807) is 26.6 Å². The Labute approximate surface area is 186 Å². The number of rotatable bonds is 6. The van der Waals surface area contributed by atoms with E-state index in [0.717, 1.165) is 24.0 Å². The van der Waals surface area contributed by atoms with E-state index in [1.807, 2.05) is 35.2 Å². The molecule has 0 atom stereocenters. The van der Waals surface area contributed by atoms with Crippen LogP contribution in [0.15, 0.2) is 53.6 Å². The SMILES string of the molecule is COc1ccc(CC(=O)N2CCC(c3nc(-c4cccnc4)cc(=O)[nH]3)CC2)cc1OC. The molecular weight excluding hydrogens is 408 g/mol. The van der Waals surface area contributed by atoms with Gasteiger partial charge in [0.25, 0.3) is 5.56 Å². The first-order chi connectivity index (χ1) is 15.6. The van der Waals surface area contributed by atoms with Gasteiger partial charge in [-0.25, -0.2) is 4.98 Å². The highest BCUT2D eigenvalue weighted by Crippen LogP contribution is 2.29. The fourth-order valence-electron chi connectivity index (χ4n) is 4.01. The maximum Gasteiger partial charge on any atom is 0.251 e. The molecule has 3 aromatic rings. The Hall–Kier alpha value is -3.68. The lowest BCUT2D eigenvalue weighted by Gasteiger charge is -2.31. The fraction of sp³-hybridized carbons (Fsp3) is 0.333. The maximum absolute atomic E-state index is 12.8. The van der Waals surface area contributed by atoms with Crippen LogP contribution in [0, 0.1) is 0 Å². The Balaban J connectivity index is 1.41. The monoisotopic (exact) mass is 434 g/mol. The number of piperidine rings is 1. The second kappa shape index (κ2) is 9.64. The molecule has 1 saturated heterocycles. The molecule has 32 heavy (non-hydrogen) atoms. The summed E-state index contributed by atoms with van der Waals surface area (Å²) in [5, 5.41) is 0. The van der Waals surface area contributed by atoms with Crippen LogP contribution in [0.5, 0.6) is 11.5 Å². The number of carbonyl (C=O) groups excluding carboxylic acids is 1. The molecular formula is C24H26N4O4. The van der Waals surface area contributed by atoms with Crippen LogP contribution in [0.1, 0.15) is 30.1 Å². The summed E-state index contributed by atoms with van der Waals surface area (Å²) >= 11 is 0. The van der Waals surface area contributed by atoms with Crippen molar-refractivity contribution in [2.45, 2.75) is 25.2 Å². The summed E-state index contributed by atoms with van der Waals surface area (Å²) in [4.78, 5) is 38.6. The number of hydrogen-bond acceptors (Lipinski definition) is 6. The van der Waals surface area contributed by atoms with E-state index in [4.69, 9.17) is 9.47 Å². The van der Waals surface area contributed by atoms with E-state index in [9.17, 15) is 9.59 Å². The largest absolute Gasteiger partial charge is 0.493 e. The zero-order valence-corrected chi connectivity index (χ0v) is 18.2. The third-order valence-corrected chi connectivity index (χ3v) is 5.75. The normalized spacial score (nSPS) is 14.2. The first kappa shape index (κ1) is 21.5. The van der Waals surface area contributed by atoms with Crippen molar-refractivity contribution in [2.24, 2.45) is 0 Å². The van der Waals surface area contributed by atoms with E-state index in [2.05, 4.69) is 15.0 Å². The maximum atomic E-state index is 12.8. The highest BCUT2D eigenvalue weighted by molar-refractivity contribution is 5.79. The van der Waals surface area contributed by atoms with Crippen molar-refractivity contribution in [1.82, 2.24) is 19.9 Å². The third-order valence-electron chi connectivity index (χ3n) is 5.75. The van der Waals surface area contributed by atoms with Gasteiger partial charge in [0.1, 0.15) is 5.82 Å². The van der Waals surface area contributed by atoms with Crippen LogP contribution in [0.2, 0.25) is 0 Å². The number of pyridine rings is 1. The lowest BCUT2D eigenvalue weighted by Crippen LogP contribution is -2.39. The van der Waals surface area contributed by atoms with Crippen LogP contribution in [-0.2, 0) is 11.2 Å². The average molecular weight is 434 g/mol. The number of nitrogens with zero attached hydrogens (tertiary/aromatic N) is 3. The molecule has 0 saturated carbocycles. The van der Waals surface area contributed by atoms with Gasteiger partial charge in [-0.3, -0.25) is 14.6 Å². The molecule has 0 radical (unpaired) electrons. The van der Waals surface area contributed by atoms with Crippen molar-refractivity contribution in [2.75, 3.05) is 27.3 Å². The molecule has 2 aromatic heterocycles. The van der Waals surface area contributed by atoms with Gasteiger partial charge in [-0.2, -0.15) is 0 Å². The summed E-state index contributed by atoms with van der Waals surface area (Å²) in [5.41, 5.74) is 2.12. The molecule has 1 fully saturated rings. The van der Waals surface area contributed by atoms with Crippen LogP contribution in [-0.4, -0.2) is 53.1 Å². The Morgan fingerprint density at radius 3 is 2.59 bits per heavy atom. The molecule has 0 unspecified atom stereocenters. The number of likely N-dealkylation sites (tertiary alicyclic amines) is 1. The van der Waals surface area contributed by atoms with Gasteiger partial charge >= 0.3 is 0 Å². The molecule has 1 aliphatic rings. The van der Waals surface area contributed by atoms with E-state index in [-0.39, 0.29) is 17.4 Å². The van der Waals surface area contributed by atoms with Gasteiger partial charge < -0.3 is 19.4 Å². The Kier molecular flexibility index (Phi) is 6.49. The van der Waals surface area contributed by atoms with Crippen LogP contribution in [0.25, 0.3) is 11.3 Å². The molecule has 3 heterocycles. The van der Waals surface area contributed by atoms with E-state index >= 15 is 0 Å². The Morgan fingerprint density at radius 1 is 1.12 bits per heavy atom. The quantitative estimate of drug-likeness (QED) is 0.641. The lowest BCUT2D eigenvalue weighted by atomic mass is 9.95. The second-order valence-electron chi connectivity index (χ2n) is 7.78. The Bertz CT molecular complexity index is 1140. The zero-order chi connectivity index (χ0) is 22.5. The average Bonchev–Trinajstić information content (AvgIpc) is 2.84. The van der Waals surface area contributed by atoms with E-state index in [0.29, 0.717) is 42.5 Å². The smallest absolute Gasteiger partial charge is 0.251 e. The number of amides is 1. The van der Waals surface area contributed by atoms with Gasteiger partial charge in [-0.15, -0.1) is 0 Å². The molecule has 166 valence electrons. The summed E-state index contributed by atoms with van der Waals surface area (Å²) in [5.74, 6) is 2.09. The third kappa shape index (κ3) is 4.80. The van der Waals surface area contributed by atoms with Gasteiger partial charge in [0, 0.05) is 43.0 Å². The first-order valence-corrected chi connectivity index (χ1v) is 10.6. The minimum absolute atomic E-state index is 0.0706. The zero-order valence-electron chi connectivity index (χ0n) is 18.2. The Morgan fingerprint density at radius 2 is 1.91 bits per heavy atom. The number of hydrogen-bond donors (Lipinski definition) is 1. The summed E-state index contributed by atoms with van der Waals surface area (Å²) in [6, 6.07) is 10.7. The number of ether oxygens (including phenoxy) is 2. The first-order valence-electron chi connectivity index (χ1n) is 10.6. The second-order valence-corrected chi connectivity index (χ2v) is 7.78. The minimum atomic E-state index is -0.180. The minimum Gasteiger partial charge on any atom is -0.493 e. The highest BCUT2D eigenvalue weighted by atomic mass is 16.5. The number of aromatic amines is 1. The van der Waals surface area contributed by atoms with Gasteiger partial charge in [-0.05, 0) is 42.7 Å². The number of H-pyrrole nitrogens is 1.